The summed E-state index contributed by atoms with van der Waals surface area (Å²) in [6, 6.07) is 0. The van der Waals surface area contributed by atoms with Crippen molar-refractivity contribution in [3.8, 4) is 0 Å². The van der Waals surface area contributed by atoms with Crippen LogP contribution in [0.25, 0.3) is 0 Å². The smallest absolute Gasteiger partial charge is 0.143 e. The first-order chi connectivity index (χ1) is 6.16. The average molecular weight is 183 g/mol. The summed E-state index contributed by atoms with van der Waals surface area (Å²) < 4.78 is 5.46. The normalized spacial score (nSPS) is 44.0. The molecule has 13 heavy (non-hydrogen) atoms. The van der Waals surface area contributed by atoms with Gasteiger partial charge in [0.2, 0.25) is 0 Å². The summed E-state index contributed by atoms with van der Waals surface area (Å²) in [6.45, 7) is 0.519. The van der Waals surface area contributed by atoms with E-state index in [-0.39, 0.29) is 11.0 Å². The lowest BCUT2D eigenvalue weighted by Gasteiger charge is -2.50. The first-order valence-electron chi connectivity index (χ1n) is 4.95. The lowest BCUT2D eigenvalue weighted by molar-refractivity contribution is -0.158. The Morgan fingerprint density at radius 2 is 2.00 bits per heavy atom. The minimum atomic E-state index is -0.180. The molecule has 0 atom stereocenters. The van der Waals surface area contributed by atoms with Gasteiger partial charge in [0.05, 0.1) is 5.60 Å². The van der Waals surface area contributed by atoms with Crippen LogP contribution < -0.4 is 5.73 Å². The van der Waals surface area contributed by atoms with E-state index in [9.17, 15) is 4.79 Å². The molecule has 0 amide bonds. The molecule has 3 aliphatic carbocycles. The molecular weight excluding hydrogens is 166 g/mol. The largest absolute Gasteiger partial charge is 0.378 e. The number of nitrogens with two attached hydrogens (primary N) is 1. The Morgan fingerprint density at radius 1 is 1.38 bits per heavy atom. The van der Waals surface area contributed by atoms with Crippen molar-refractivity contribution in [1.82, 2.24) is 0 Å². The van der Waals surface area contributed by atoms with Gasteiger partial charge in [-0.2, -0.15) is 0 Å². The molecule has 2 bridgehead atoms. The van der Waals surface area contributed by atoms with Gasteiger partial charge in [-0.05, 0) is 25.7 Å². The van der Waals surface area contributed by atoms with Gasteiger partial charge in [-0.15, -0.1) is 0 Å². The highest BCUT2D eigenvalue weighted by Gasteiger charge is 2.53. The molecule has 3 saturated carbocycles. The van der Waals surface area contributed by atoms with Gasteiger partial charge in [-0.3, -0.25) is 4.79 Å². The standard InChI is InChI=1S/C10H17NO2/c1-13-10-4-2-9(7-11,3-5-10)8(12)6-10/h2-7,11H2,1H3. The van der Waals surface area contributed by atoms with Crippen LogP contribution in [-0.4, -0.2) is 25.0 Å². The minimum absolute atomic E-state index is 0.131. The summed E-state index contributed by atoms with van der Waals surface area (Å²) >= 11 is 0. The summed E-state index contributed by atoms with van der Waals surface area (Å²) in [5, 5.41) is 0. The molecule has 0 aromatic rings. The molecule has 0 unspecified atom stereocenters. The number of ketones is 1. The minimum Gasteiger partial charge on any atom is -0.378 e. The van der Waals surface area contributed by atoms with Gasteiger partial charge in [0.15, 0.2) is 0 Å². The van der Waals surface area contributed by atoms with Gasteiger partial charge in [0.25, 0.3) is 0 Å². The Morgan fingerprint density at radius 3 is 2.38 bits per heavy atom. The van der Waals surface area contributed by atoms with Crippen LogP contribution in [0.4, 0.5) is 0 Å². The second-order valence-corrected chi connectivity index (χ2v) is 4.47. The van der Waals surface area contributed by atoms with Crippen molar-refractivity contribution in [2.24, 2.45) is 11.1 Å². The molecule has 0 aromatic heterocycles. The molecule has 3 aliphatic rings. The summed E-state index contributed by atoms with van der Waals surface area (Å²) in [7, 11) is 1.72. The van der Waals surface area contributed by atoms with Gasteiger partial charge in [0.1, 0.15) is 5.78 Å². The number of carbonyl (C=O) groups is 1. The van der Waals surface area contributed by atoms with E-state index in [1.54, 1.807) is 7.11 Å². The second kappa shape index (κ2) is 2.79. The van der Waals surface area contributed by atoms with Gasteiger partial charge in [-0.25, -0.2) is 0 Å². The fraction of sp³-hybridized carbons (Fsp3) is 0.900. The van der Waals surface area contributed by atoms with Crippen molar-refractivity contribution in [2.45, 2.75) is 37.7 Å². The van der Waals surface area contributed by atoms with Crippen LogP contribution in [0.2, 0.25) is 0 Å². The Bertz CT molecular complexity index is 229. The molecule has 0 aliphatic heterocycles. The number of Topliss-reactive ketones (excluding diaryl/α,β-unsaturated/α-hetero) is 1. The van der Waals surface area contributed by atoms with Crippen LogP contribution in [0, 0.1) is 5.41 Å². The maximum Gasteiger partial charge on any atom is 0.143 e. The Balaban J connectivity index is 2.23. The molecule has 3 nitrogen and oxygen atoms in total. The number of ether oxygens (including phenoxy) is 1. The van der Waals surface area contributed by atoms with E-state index in [1.807, 2.05) is 0 Å². The maximum atomic E-state index is 11.8. The van der Waals surface area contributed by atoms with Crippen molar-refractivity contribution in [3.63, 3.8) is 0 Å². The van der Waals surface area contributed by atoms with E-state index in [2.05, 4.69) is 0 Å². The van der Waals surface area contributed by atoms with Crippen LogP contribution in [-0.2, 0) is 9.53 Å². The summed E-state index contributed by atoms with van der Waals surface area (Å²) in [5.41, 5.74) is 5.38. The summed E-state index contributed by atoms with van der Waals surface area (Å²) in [4.78, 5) is 11.8. The van der Waals surface area contributed by atoms with Crippen molar-refractivity contribution in [2.75, 3.05) is 13.7 Å². The van der Waals surface area contributed by atoms with E-state index in [1.165, 1.54) is 0 Å². The van der Waals surface area contributed by atoms with Crippen LogP contribution in [0.5, 0.6) is 0 Å². The SMILES string of the molecule is COC12CCC(CN)(CC1)C(=O)C2. The summed E-state index contributed by atoms with van der Waals surface area (Å²) in [6.07, 6.45) is 4.45. The fourth-order valence-corrected chi connectivity index (χ4v) is 2.71. The molecule has 3 rings (SSSR count). The zero-order chi connectivity index (χ0) is 9.53. The van der Waals surface area contributed by atoms with Gasteiger partial charge in [0, 0.05) is 25.5 Å². The van der Waals surface area contributed by atoms with Crippen molar-refractivity contribution in [1.29, 1.82) is 0 Å². The third-order valence-corrected chi connectivity index (χ3v) is 4.02. The second-order valence-electron chi connectivity index (χ2n) is 4.47. The van der Waals surface area contributed by atoms with E-state index in [0.717, 1.165) is 25.7 Å². The van der Waals surface area contributed by atoms with Gasteiger partial charge < -0.3 is 10.5 Å². The molecule has 3 heteroatoms. The van der Waals surface area contributed by atoms with E-state index in [4.69, 9.17) is 10.5 Å². The molecule has 0 spiro atoms. The van der Waals surface area contributed by atoms with Crippen LogP contribution in [0.15, 0.2) is 0 Å². The molecule has 0 aromatic carbocycles. The summed E-state index contributed by atoms with van der Waals surface area (Å²) in [5.74, 6) is 0.328. The number of hydrogen-bond donors (Lipinski definition) is 1. The lowest BCUT2D eigenvalue weighted by Crippen LogP contribution is -2.55. The third kappa shape index (κ3) is 1.14. The van der Waals surface area contributed by atoms with Crippen LogP contribution in [0.3, 0.4) is 0 Å². The topological polar surface area (TPSA) is 52.3 Å². The van der Waals surface area contributed by atoms with E-state index >= 15 is 0 Å². The number of fused-ring (bicyclic) bond motifs is 3. The molecule has 3 fully saturated rings. The third-order valence-electron chi connectivity index (χ3n) is 4.02. The predicted octanol–water partition coefficient (Wildman–Crippen LogP) is 0.864. The highest BCUT2D eigenvalue weighted by Crippen LogP contribution is 2.50. The van der Waals surface area contributed by atoms with Crippen molar-refractivity contribution >= 4 is 5.78 Å². The zero-order valence-electron chi connectivity index (χ0n) is 8.14. The molecular formula is C10H17NO2. The number of rotatable bonds is 2. The monoisotopic (exact) mass is 183 g/mol. The first kappa shape index (κ1) is 9.16. The van der Waals surface area contributed by atoms with E-state index in [0.29, 0.717) is 18.7 Å². The molecule has 2 N–H and O–H groups in total. The highest BCUT2D eigenvalue weighted by atomic mass is 16.5. The Hall–Kier alpha value is -0.410. The van der Waals surface area contributed by atoms with E-state index < -0.39 is 0 Å². The van der Waals surface area contributed by atoms with Crippen molar-refractivity contribution in [3.05, 3.63) is 0 Å². The van der Waals surface area contributed by atoms with Crippen molar-refractivity contribution < 1.29 is 9.53 Å². The first-order valence-corrected chi connectivity index (χ1v) is 4.95. The molecule has 0 saturated heterocycles. The van der Waals surface area contributed by atoms with Crippen LogP contribution in [0.1, 0.15) is 32.1 Å². The maximum absolute atomic E-state index is 11.8. The lowest BCUT2D eigenvalue weighted by atomic mass is 9.58. The average Bonchev–Trinajstić information content (AvgIpc) is 2.20. The van der Waals surface area contributed by atoms with Gasteiger partial charge in [-0.1, -0.05) is 0 Å². The number of methoxy groups -OCH3 is 1. The Kier molecular flexibility index (Phi) is 1.96. The Labute approximate surface area is 78.6 Å². The molecule has 0 heterocycles. The zero-order valence-corrected chi connectivity index (χ0v) is 8.14. The molecule has 0 radical (unpaired) electrons. The van der Waals surface area contributed by atoms with Gasteiger partial charge >= 0.3 is 0 Å². The number of hydrogen-bond acceptors (Lipinski definition) is 3. The predicted molar refractivity (Wildman–Crippen MR) is 49.3 cm³/mol. The highest BCUT2D eigenvalue weighted by molar-refractivity contribution is 5.87. The molecule has 74 valence electrons. The fourth-order valence-electron chi connectivity index (χ4n) is 2.71. The quantitative estimate of drug-likeness (QED) is 0.691. The van der Waals surface area contributed by atoms with Crippen LogP contribution >= 0.6 is 0 Å². The number of carbonyl (C=O) groups excluding carboxylic acids is 1.